The summed E-state index contributed by atoms with van der Waals surface area (Å²) in [6, 6.07) is 0. The van der Waals surface area contributed by atoms with Gasteiger partial charge in [-0.25, -0.2) is 0 Å². The van der Waals surface area contributed by atoms with Gasteiger partial charge < -0.3 is 5.73 Å². The van der Waals surface area contributed by atoms with E-state index in [4.69, 9.17) is 5.73 Å². The molecule has 0 fully saturated rings. The molecule has 2 unspecified atom stereocenters. The molecule has 60 valence electrons. The summed E-state index contributed by atoms with van der Waals surface area (Å²) < 4.78 is 0. The van der Waals surface area contributed by atoms with Crippen molar-refractivity contribution < 1.29 is 0 Å². The number of thioether (sulfide) groups is 1. The molecular weight excluding hydrogens is 212 g/mol. The highest BCUT2D eigenvalue weighted by Crippen LogP contribution is 2.23. The van der Waals surface area contributed by atoms with Gasteiger partial charge in [0.05, 0.1) is 0 Å². The van der Waals surface area contributed by atoms with Gasteiger partial charge >= 0.3 is 0 Å². The second-order valence-corrected chi connectivity index (χ2v) is 3.88. The summed E-state index contributed by atoms with van der Waals surface area (Å²) in [4.78, 5) is 4.12. The van der Waals surface area contributed by atoms with Crippen molar-refractivity contribution in [3.8, 4) is 0 Å². The summed E-state index contributed by atoms with van der Waals surface area (Å²) in [5, 5.41) is 1.39. The van der Waals surface area contributed by atoms with Gasteiger partial charge in [-0.3, -0.25) is 4.99 Å². The molecule has 1 aliphatic heterocycles. The number of hydrogen-bond acceptors (Lipinski definition) is 3. The third kappa shape index (κ3) is 2.50. The molecule has 0 aromatic rings. The van der Waals surface area contributed by atoms with Gasteiger partial charge in [-0.2, -0.15) is 0 Å². The van der Waals surface area contributed by atoms with Gasteiger partial charge in [0, 0.05) is 11.8 Å². The van der Waals surface area contributed by atoms with Crippen LogP contribution in [0.3, 0.4) is 0 Å². The van der Waals surface area contributed by atoms with Crippen molar-refractivity contribution in [2.45, 2.75) is 19.1 Å². The largest absolute Gasteiger partial charge is 0.379 e. The molecule has 10 heavy (non-hydrogen) atoms. The van der Waals surface area contributed by atoms with Crippen molar-refractivity contribution in [3.63, 3.8) is 0 Å². The van der Waals surface area contributed by atoms with Crippen molar-refractivity contribution >= 4 is 33.9 Å². The predicted octanol–water partition coefficient (Wildman–Crippen LogP) is 1.65. The van der Waals surface area contributed by atoms with Crippen LogP contribution >= 0.6 is 28.7 Å². The van der Waals surface area contributed by atoms with E-state index in [1.807, 2.05) is 0 Å². The Morgan fingerprint density at radius 2 is 2.20 bits per heavy atom. The highest BCUT2D eigenvalue weighted by molar-refractivity contribution is 8.93. The van der Waals surface area contributed by atoms with Crippen LogP contribution in [0.2, 0.25) is 0 Å². The fraction of sp³-hybridized carbons (Fsp3) is 0.833. The van der Waals surface area contributed by atoms with Gasteiger partial charge in [0.25, 0.3) is 0 Å². The third-order valence-corrected chi connectivity index (χ3v) is 2.85. The van der Waals surface area contributed by atoms with Crippen molar-refractivity contribution in [1.82, 2.24) is 0 Å². The normalized spacial score (nSPS) is 32.4. The molecule has 0 bridgehead atoms. The fourth-order valence-electron chi connectivity index (χ4n) is 0.726. The lowest BCUT2D eigenvalue weighted by Gasteiger charge is -2.21. The van der Waals surface area contributed by atoms with E-state index in [2.05, 4.69) is 18.8 Å². The molecule has 2 nitrogen and oxygen atoms in total. The first-order valence-electron chi connectivity index (χ1n) is 3.16. The number of rotatable bonds is 0. The Bertz CT molecular complexity index is 138. The van der Waals surface area contributed by atoms with Crippen molar-refractivity contribution in [2.75, 3.05) is 6.54 Å². The van der Waals surface area contributed by atoms with E-state index >= 15 is 0 Å². The van der Waals surface area contributed by atoms with Crippen LogP contribution < -0.4 is 5.73 Å². The van der Waals surface area contributed by atoms with Crippen molar-refractivity contribution in [3.05, 3.63) is 0 Å². The smallest absolute Gasteiger partial charge is 0.154 e. The fourth-order valence-corrected chi connectivity index (χ4v) is 1.57. The van der Waals surface area contributed by atoms with Crippen LogP contribution in [0, 0.1) is 5.92 Å². The van der Waals surface area contributed by atoms with E-state index < -0.39 is 0 Å². The summed E-state index contributed by atoms with van der Waals surface area (Å²) >= 11 is 1.68. The molecule has 0 spiro atoms. The molecule has 1 rings (SSSR count). The zero-order valence-corrected chi connectivity index (χ0v) is 8.73. The zero-order chi connectivity index (χ0) is 6.85. The molecule has 0 radical (unpaired) electrons. The standard InChI is InChI=1S/C6H12N2S.BrH/c1-4-3-8-6(7)9-5(4)2;/h4-5H,3H2,1-2H3,(H2,7,8);1H. The van der Waals surface area contributed by atoms with Crippen molar-refractivity contribution in [2.24, 2.45) is 16.6 Å². The molecule has 0 aliphatic carbocycles. The molecule has 0 saturated heterocycles. The first kappa shape index (κ1) is 10.3. The Hall–Kier alpha value is 0.300. The van der Waals surface area contributed by atoms with E-state index in [1.165, 1.54) is 0 Å². The molecule has 0 amide bonds. The Kier molecular flexibility index (Phi) is 4.36. The van der Waals surface area contributed by atoms with Crippen LogP contribution in [0.5, 0.6) is 0 Å². The van der Waals surface area contributed by atoms with E-state index in [0.29, 0.717) is 11.2 Å². The minimum atomic E-state index is 0. The molecular formula is C6H13BrN2S. The molecule has 0 aromatic carbocycles. The Morgan fingerprint density at radius 3 is 2.60 bits per heavy atom. The lowest BCUT2D eigenvalue weighted by atomic mass is 10.1. The van der Waals surface area contributed by atoms with Gasteiger partial charge in [-0.1, -0.05) is 25.6 Å². The number of nitrogens with two attached hydrogens (primary N) is 1. The van der Waals surface area contributed by atoms with Crippen LogP contribution in [0.1, 0.15) is 13.8 Å². The molecule has 0 aromatic heterocycles. The number of halogens is 1. The summed E-state index contributed by atoms with van der Waals surface area (Å²) in [7, 11) is 0. The summed E-state index contributed by atoms with van der Waals surface area (Å²) in [5.41, 5.74) is 5.50. The lowest BCUT2D eigenvalue weighted by Crippen LogP contribution is -2.25. The number of aliphatic imine (C=N–C) groups is 1. The maximum atomic E-state index is 5.50. The molecule has 0 saturated carbocycles. The monoisotopic (exact) mass is 224 g/mol. The Balaban J connectivity index is 0.000000810. The predicted molar refractivity (Wildman–Crippen MR) is 53.0 cm³/mol. The minimum Gasteiger partial charge on any atom is -0.379 e. The SMILES string of the molecule is Br.CC1CN=C(N)SC1C. The molecule has 1 heterocycles. The van der Waals surface area contributed by atoms with E-state index in [9.17, 15) is 0 Å². The first-order chi connectivity index (χ1) is 4.20. The summed E-state index contributed by atoms with van der Waals surface area (Å²) in [5.74, 6) is 0.683. The highest BCUT2D eigenvalue weighted by atomic mass is 79.9. The quantitative estimate of drug-likeness (QED) is 0.680. The molecule has 2 atom stereocenters. The Morgan fingerprint density at radius 1 is 1.60 bits per heavy atom. The van der Waals surface area contributed by atoms with Crippen LogP contribution in [0.25, 0.3) is 0 Å². The molecule has 2 N–H and O–H groups in total. The topological polar surface area (TPSA) is 38.4 Å². The van der Waals surface area contributed by atoms with E-state index in [0.717, 1.165) is 11.7 Å². The second kappa shape index (κ2) is 4.23. The average molecular weight is 225 g/mol. The van der Waals surface area contributed by atoms with Crippen LogP contribution in [-0.4, -0.2) is 17.0 Å². The summed E-state index contributed by atoms with van der Waals surface area (Å²) in [6.07, 6.45) is 0. The van der Waals surface area contributed by atoms with Gasteiger partial charge in [-0.05, 0) is 5.92 Å². The second-order valence-electron chi connectivity index (χ2n) is 2.48. The van der Waals surface area contributed by atoms with E-state index in [-0.39, 0.29) is 17.0 Å². The number of amidine groups is 1. The molecule has 1 aliphatic rings. The highest BCUT2D eigenvalue weighted by Gasteiger charge is 2.17. The third-order valence-electron chi connectivity index (χ3n) is 1.64. The van der Waals surface area contributed by atoms with Crippen molar-refractivity contribution in [1.29, 1.82) is 0 Å². The zero-order valence-electron chi connectivity index (χ0n) is 6.20. The van der Waals surface area contributed by atoms with Crippen LogP contribution in [0.15, 0.2) is 4.99 Å². The van der Waals surface area contributed by atoms with Gasteiger partial charge in [0.2, 0.25) is 0 Å². The molecule has 4 heteroatoms. The maximum absolute atomic E-state index is 5.50. The average Bonchev–Trinajstić information content (AvgIpc) is 1.80. The van der Waals surface area contributed by atoms with Gasteiger partial charge in [0.15, 0.2) is 5.17 Å². The first-order valence-corrected chi connectivity index (χ1v) is 4.04. The van der Waals surface area contributed by atoms with Gasteiger partial charge in [-0.15, -0.1) is 17.0 Å². The van der Waals surface area contributed by atoms with Crippen LogP contribution in [-0.2, 0) is 0 Å². The maximum Gasteiger partial charge on any atom is 0.154 e. The van der Waals surface area contributed by atoms with Crippen LogP contribution in [0.4, 0.5) is 0 Å². The Labute approximate surface area is 76.4 Å². The minimum absolute atomic E-state index is 0. The summed E-state index contributed by atoms with van der Waals surface area (Å²) in [6.45, 7) is 5.30. The number of hydrogen-bond donors (Lipinski definition) is 1. The van der Waals surface area contributed by atoms with E-state index in [1.54, 1.807) is 11.8 Å². The number of nitrogens with zero attached hydrogens (tertiary/aromatic N) is 1. The van der Waals surface area contributed by atoms with Gasteiger partial charge in [0.1, 0.15) is 0 Å². The lowest BCUT2D eigenvalue weighted by molar-refractivity contribution is 0.587.